The molecule has 0 radical (unpaired) electrons. The molecule has 0 fully saturated rings. The number of furan rings is 1. The van der Waals surface area contributed by atoms with Gasteiger partial charge in [-0.3, -0.25) is 4.79 Å². The van der Waals surface area contributed by atoms with E-state index in [9.17, 15) is 9.90 Å². The molecular weight excluding hydrogens is 254 g/mol. The third-order valence-corrected chi connectivity index (χ3v) is 3.40. The Bertz CT molecular complexity index is 768. The van der Waals surface area contributed by atoms with Gasteiger partial charge in [0.25, 0.3) is 5.56 Å². The average Bonchev–Trinajstić information content (AvgIpc) is 2.87. The van der Waals surface area contributed by atoms with E-state index in [1.54, 1.807) is 6.07 Å². The van der Waals surface area contributed by atoms with Crippen molar-refractivity contribution in [2.45, 2.75) is 19.6 Å². The fraction of sp³-hybridized carbons (Fsp3) is 0.188. The molecule has 0 bridgehead atoms. The lowest BCUT2D eigenvalue weighted by Gasteiger charge is -2.12. The fourth-order valence-electron chi connectivity index (χ4n) is 2.29. The van der Waals surface area contributed by atoms with Crippen LogP contribution in [0, 0.1) is 6.92 Å². The molecule has 2 aromatic heterocycles. The van der Waals surface area contributed by atoms with Crippen molar-refractivity contribution in [3.8, 4) is 0 Å². The minimum absolute atomic E-state index is 0.125. The maximum absolute atomic E-state index is 11.8. The van der Waals surface area contributed by atoms with Gasteiger partial charge in [0.05, 0.1) is 6.54 Å². The summed E-state index contributed by atoms with van der Waals surface area (Å²) in [6.07, 6.45) is -0.846. The molecule has 4 nitrogen and oxygen atoms in total. The highest BCUT2D eigenvalue weighted by molar-refractivity contribution is 5.77. The molecule has 0 amide bonds. The highest BCUT2D eigenvalue weighted by atomic mass is 16.4. The SMILES string of the molecule is Cc1cccc(=O)n1CC(O)c1cc2ccccc2o1. The van der Waals surface area contributed by atoms with Crippen molar-refractivity contribution >= 4 is 11.0 Å². The summed E-state index contributed by atoms with van der Waals surface area (Å²) in [7, 11) is 0. The highest BCUT2D eigenvalue weighted by Gasteiger charge is 2.15. The molecule has 3 aromatic rings. The third-order valence-electron chi connectivity index (χ3n) is 3.40. The third kappa shape index (κ3) is 2.26. The summed E-state index contributed by atoms with van der Waals surface area (Å²) in [5.41, 5.74) is 1.42. The minimum Gasteiger partial charge on any atom is -0.458 e. The summed E-state index contributed by atoms with van der Waals surface area (Å²) >= 11 is 0. The Morgan fingerprint density at radius 3 is 2.75 bits per heavy atom. The van der Waals surface area contributed by atoms with Crippen LogP contribution in [0.5, 0.6) is 0 Å². The summed E-state index contributed by atoms with van der Waals surface area (Å²) in [5, 5.41) is 11.2. The van der Waals surface area contributed by atoms with Gasteiger partial charge < -0.3 is 14.1 Å². The van der Waals surface area contributed by atoms with Crippen LogP contribution in [0.2, 0.25) is 0 Å². The number of pyridine rings is 1. The van der Waals surface area contributed by atoms with E-state index in [-0.39, 0.29) is 12.1 Å². The van der Waals surface area contributed by atoms with E-state index in [4.69, 9.17) is 4.42 Å². The largest absolute Gasteiger partial charge is 0.458 e. The fourth-order valence-corrected chi connectivity index (χ4v) is 2.29. The Labute approximate surface area is 115 Å². The van der Waals surface area contributed by atoms with Crippen molar-refractivity contribution < 1.29 is 9.52 Å². The Morgan fingerprint density at radius 2 is 2.00 bits per heavy atom. The van der Waals surface area contributed by atoms with Gasteiger partial charge in [-0.1, -0.05) is 24.3 Å². The van der Waals surface area contributed by atoms with Crippen LogP contribution < -0.4 is 5.56 Å². The molecule has 0 saturated heterocycles. The molecule has 3 rings (SSSR count). The van der Waals surface area contributed by atoms with Crippen LogP contribution in [0.15, 0.2) is 57.7 Å². The van der Waals surface area contributed by atoms with E-state index in [2.05, 4.69) is 0 Å². The van der Waals surface area contributed by atoms with Crippen molar-refractivity contribution in [3.63, 3.8) is 0 Å². The second-order valence-electron chi connectivity index (χ2n) is 4.82. The number of aryl methyl sites for hydroxylation is 1. The maximum Gasteiger partial charge on any atom is 0.250 e. The van der Waals surface area contributed by atoms with E-state index in [0.717, 1.165) is 16.7 Å². The minimum atomic E-state index is -0.846. The number of benzene rings is 1. The number of nitrogens with zero attached hydrogens (tertiary/aromatic N) is 1. The van der Waals surface area contributed by atoms with Gasteiger partial charge in [0, 0.05) is 17.1 Å². The van der Waals surface area contributed by atoms with E-state index in [0.29, 0.717) is 5.76 Å². The summed E-state index contributed by atoms with van der Waals surface area (Å²) in [5.74, 6) is 0.473. The molecule has 102 valence electrons. The van der Waals surface area contributed by atoms with E-state index in [1.807, 2.05) is 43.3 Å². The van der Waals surface area contributed by atoms with Crippen LogP contribution in [0.25, 0.3) is 11.0 Å². The first-order chi connectivity index (χ1) is 9.65. The maximum atomic E-state index is 11.8. The van der Waals surface area contributed by atoms with Gasteiger partial charge in [0.1, 0.15) is 17.4 Å². The summed E-state index contributed by atoms with van der Waals surface area (Å²) in [6.45, 7) is 2.03. The zero-order valence-corrected chi connectivity index (χ0v) is 11.1. The van der Waals surface area contributed by atoms with Crippen LogP contribution in [-0.2, 0) is 6.54 Å². The standard InChI is InChI=1S/C16H15NO3/c1-11-5-4-8-16(19)17(11)10-13(18)15-9-12-6-2-3-7-14(12)20-15/h2-9,13,18H,10H2,1H3. The van der Waals surface area contributed by atoms with E-state index in [1.165, 1.54) is 10.6 Å². The van der Waals surface area contributed by atoms with Gasteiger partial charge in [-0.2, -0.15) is 0 Å². The normalized spacial score (nSPS) is 12.7. The number of aliphatic hydroxyl groups is 1. The Balaban J connectivity index is 1.93. The van der Waals surface area contributed by atoms with Crippen molar-refractivity contribution in [3.05, 3.63) is 70.3 Å². The molecule has 0 spiro atoms. The lowest BCUT2D eigenvalue weighted by Crippen LogP contribution is -2.24. The van der Waals surface area contributed by atoms with Crippen LogP contribution in [-0.4, -0.2) is 9.67 Å². The van der Waals surface area contributed by atoms with Gasteiger partial charge in [-0.05, 0) is 25.1 Å². The predicted octanol–water partition coefficient (Wildman–Crippen LogP) is 2.64. The molecule has 1 atom stereocenters. The van der Waals surface area contributed by atoms with Crippen molar-refractivity contribution in [2.75, 3.05) is 0 Å². The highest BCUT2D eigenvalue weighted by Crippen LogP contribution is 2.24. The Hall–Kier alpha value is -2.33. The second kappa shape index (κ2) is 4.98. The molecule has 1 N–H and O–H groups in total. The first-order valence-corrected chi connectivity index (χ1v) is 6.48. The van der Waals surface area contributed by atoms with Gasteiger partial charge in [0.2, 0.25) is 0 Å². The zero-order valence-electron chi connectivity index (χ0n) is 11.1. The van der Waals surface area contributed by atoms with Gasteiger partial charge in [0.15, 0.2) is 0 Å². The lowest BCUT2D eigenvalue weighted by molar-refractivity contribution is 0.130. The molecule has 0 aliphatic rings. The van der Waals surface area contributed by atoms with E-state index < -0.39 is 6.10 Å². The number of hydrogen-bond acceptors (Lipinski definition) is 3. The molecule has 0 aliphatic carbocycles. The zero-order chi connectivity index (χ0) is 14.1. The molecule has 1 aromatic carbocycles. The number of rotatable bonds is 3. The average molecular weight is 269 g/mol. The summed E-state index contributed by atoms with van der Waals surface area (Å²) < 4.78 is 7.16. The molecular formula is C16H15NO3. The number of aromatic nitrogens is 1. The number of fused-ring (bicyclic) bond motifs is 1. The van der Waals surface area contributed by atoms with Gasteiger partial charge >= 0.3 is 0 Å². The molecule has 0 aliphatic heterocycles. The Kier molecular flexibility index (Phi) is 3.16. The summed E-state index contributed by atoms with van der Waals surface area (Å²) in [4.78, 5) is 11.8. The van der Waals surface area contributed by atoms with Crippen LogP contribution in [0.3, 0.4) is 0 Å². The molecule has 1 unspecified atom stereocenters. The van der Waals surface area contributed by atoms with Crippen LogP contribution in [0.4, 0.5) is 0 Å². The second-order valence-corrected chi connectivity index (χ2v) is 4.82. The first kappa shape index (κ1) is 12.7. The topological polar surface area (TPSA) is 55.4 Å². The number of para-hydroxylation sites is 1. The van der Waals surface area contributed by atoms with Crippen molar-refractivity contribution in [2.24, 2.45) is 0 Å². The summed E-state index contributed by atoms with van der Waals surface area (Å²) in [6, 6.07) is 14.4. The monoisotopic (exact) mass is 269 g/mol. The molecule has 0 saturated carbocycles. The van der Waals surface area contributed by atoms with E-state index >= 15 is 0 Å². The lowest BCUT2D eigenvalue weighted by atomic mass is 10.2. The quantitative estimate of drug-likeness (QED) is 0.795. The smallest absolute Gasteiger partial charge is 0.250 e. The van der Waals surface area contributed by atoms with Gasteiger partial charge in [-0.25, -0.2) is 0 Å². The Morgan fingerprint density at radius 1 is 1.20 bits per heavy atom. The molecule has 20 heavy (non-hydrogen) atoms. The first-order valence-electron chi connectivity index (χ1n) is 6.48. The van der Waals surface area contributed by atoms with Gasteiger partial charge in [-0.15, -0.1) is 0 Å². The van der Waals surface area contributed by atoms with Crippen LogP contribution >= 0.6 is 0 Å². The number of aliphatic hydroxyl groups excluding tert-OH is 1. The molecule has 2 heterocycles. The van der Waals surface area contributed by atoms with Crippen molar-refractivity contribution in [1.29, 1.82) is 0 Å². The van der Waals surface area contributed by atoms with Crippen LogP contribution in [0.1, 0.15) is 17.6 Å². The number of hydrogen-bond donors (Lipinski definition) is 1. The predicted molar refractivity (Wildman–Crippen MR) is 76.6 cm³/mol. The molecule has 4 heteroatoms. The van der Waals surface area contributed by atoms with Crippen molar-refractivity contribution in [1.82, 2.24) is 4.57 Å².